The van der Waals surface area contributed by atoms with Crippen molar-refractivity contribution in [1.29, 1.82) is 0 Å². The van der Waals surface area contributed by atoms with Crippen LogP contribution in [0.4, 0.5) is 0 Å². The third-order valence-electron chi connectivity index (χ3n) is 3.52. The molecule has 12 heavy (non-hydrogen) atoms. The van der Waals surface area contributed by atoms with Gasteiger partial charge in [-0.05, 0) is 38.0 Å². The third kappa shape index (κ3) is 2.01. The standard InChI is InChI=1S/C11H21N/c1-9-6-7-11(8-9)12-10-4-2-3-5-10/h9-12H,2-8H2,1H3. The van der Waals surface area contributed by atoms with Crippen LogP contribution >= 0.6 is 0 Å². The maximum Gasteiger partial charge on any atom is 0.00722 e. The van der Waals surface area contributed by atoms with Crippen molar-refractivity contribution in [3.63, 3.8) is 0 Å². The van der Waals surface area contributed by atoms with Gasteiger partial charge in [-0.3, -0.25) is 0 Å². The van der Waals surface area contributed by atoms with Crippen molar-refractivity contribution in [1.82, 2.24) is 5.32 Å². The predicted octanol–water partition coefficient (Wildman–Crippen LogP) is 2.71. The van der Waals surface area contributed by atoms with E-state index in [0.717, 1.165) is 18.0 Å². The topological polar surface area (TPSA) is 12.0 Å². The Balaban J connectivity index is 1.72. The number of hydrogen-bond donors (Lipinski definition) is 1. The zero-order valence-corrected chi connectivity index (χ0v) is 8.18. The van der Waals surface area contributed by atoms with Crippen molar-refractivity contribution in [2.24, 2.45) is 5.92 Å². The van der Waals surface area contributed by atoms with Gasteiger partial charge < -0.3 is 5.32 Å². The number of nitrogens with one attached hydrogen (secondary N) is 1. The average Bonchev–Trinajstić information content (AvgIpc) is 2.63. The lowest BCUT2D eigenvalue weighted by molar-refractivity contribution is 0.426. The van der Waals surface area contributed by atoms with Gasteiger partial charge in [0.15, 0.2) is 0 Å². The highest BCUT2D eigenvalue weighted by molar-refractivity contribution is 4.83. The Hall–Kier alpha value is -0.0400. The first kappa shape index (κ1) is 8.55. The molecular formula is C11H21N. The van der Waals surface area contributed by atoms with Gasteiger partial charge >= 0.3 is 0 Å². The van der Waals surface area contributed by atoms with Crippen LogP contribution in [-0.2, 0) is 0 Å². The SMILES string of the molecule is CC1CCC(NC2CCCC2)C1. The molecule has 2 saturated carbocycles. The molecule has 70 valence electrons. The average molecular weight is 167 g/mol. The van der Waals surface area contributed by atoms with Crippen LogP contribution in [0.1, 0.15) is 51.9 Å². The minimum Gasteiger partial charge on any atom is -0.311 e. The first-order valence-corrected chi connectivity index (χ1v) is 5.60. The normalized spacial score (nSPS) is 37.8. The van der Waals surface area contributed by atoms with E-state index in [2.05, 4.69) is 12.2 Å². The van der Waals surface area contributed by atoms with Gasteiger partial charge in [0, 0.05) is 12.1 Å². The van der Waals surface area contributed by atoms with Gasteiger partial charge in [-0.1, -0.05) is 19.8 Å². The van der Waals surface area contributed by atoms with Gasteiger partial charge in [-0.15, -0.1) is 0 Å². The van der Waals surface area contributed by atoms with E-state index in [4.69, 9.17) is 0 Å². The summed E-state index contributed by atoms with van der Waals surface area (Å²) in [4.78, 5) is 0. The summed E-state index contributed by atoms with van der Waals surface area (Å²) in [6, 6.07) is 1.74. The summed E-state index contributed by atoms with van der Waals surface area (Å²) in [7, 11) is 0. The van der Waals surface area contributed by atoms with E-state index < -0.39 is 0 Å². The van der Waals surface area contributed by atoms with Crippen LogP contribution in [0.5, 0.6) is 0 Å². The van der Waals surface area contributed by atoms with Gasteiger partial charge in [0.2, 0.25) is 0 Å². The monoisotopic (exact) mass is 167 g/mol. The zero-order chi connectivity index (χ0) is 8.39. The van der Waals surface area contributed by atoms with E-state index >= 15 is 0 Å². The molecular weight excluding hydrogens is 146 g/mol. The molecule has 0 aliphatic heterocycles. The van der Waals surface area contributed by atoms with E-state index in [1.165, 1.54) is 44.9 Å². The largest absolute Gasteiger partial charge is 0.311 e. The molecule has 1 nitrogen and oxygen atoms in total. The quantitative estimate of drug-likeness (QED) is 0.667. The molecule has 2 fully saturated rings. The summed E-state index contributed by atoms with van der Waals surface area (Å²) in [5.74, 6) is 0.976. The van der Waals surface area contributed by atoms with Gasteiger partial charge in [-0.2, -0.15) is 0 Å². The molecule has 0 spiro atoms. The van der Waals surface area contributed by atoms with Crippen LogP contribution in [0.2, 0.25) is 0 Å². The minimum absolute atomic E-state index is 0.864. The Kier molecular flexibility index (Phi) is 2.69. The molecule has 1 heteroatoms. The van der Waals surface area contributed by atoms with Gasteiger partial charge in [-0.25, -0.2) is 0 Å². The maximum absolute atomic E-state index is 3.81. The first-order chi connectivity index (χ1) is 5.84. The van der Waals surface area contributed by atoms with Crippen LogP contribution in [0.3, 0.4) is 0 Å². The molecule has 2 unspecified atom stereocenters. The van der Waals surface area contributed by atoms with E-state index in [0.29, 0.717) is 0 Å². The molecule has 0 saturated heterocycles. The smallest absolute Gasteiger partial charge is 0.00722 e. The summed E-state index contributed by atoms with van der Waals surface area (Å²) >= 11 is 0. The molecule has 2 aliphatic rings. The molecule has 0 aromatic carbocycles. The molecule has 0 amide bonds. The first-order valence-electron chi connectivity index (χ1n) is 5.60. The fourth-order valence-corrected chi connectivity index (χ4v) is 2.78. The molecule has 0 bridgehead atoms. The van der Waals surface area contributed by atoms with Gasteiger partial charge in [0.25, 0.3) is 0 Å². The molecule has 0 radical (unpaired) electrons. The summed E-state index contributed by atoms with van der Waals surface area (Å²) in [5.41, 5.74) is 0. The molecule has 2 atom stereocenters. The van der Waals surface area contributed by atoms with Crippen LogP contribution in [0.25, 0.3) is 0 Å². The highest BCUT2D eigenvalue weighted by atomic mass is 15.0. The lowest BCUT2D eigenvalue weighted by Gasteiger charge is -2.18. The molecule has 0 aromatic rings. The summed E-state index contributed by atoms with van der Waals surface area (Å²) in [5, 5.41) is 3.81. The van der Waals surface area contributed by atoms with Crippen molar-refractivity contribution in [3.05, 3.63) is 0 Å². The highest BCUT2D eigenvalue weighted by Crippen LogP contribution is 2.27. The molecule has 0 aromatic heterocycles. The van der Waals surface area contributed by atoms with E-state index in [1.807, 2.05) is 0 Å². The predicted molar refractivity (Wildman–Crippen MR) is 52.2 cm³/mol. The number of rotatable bonds is 2. The Labute approximate surface area is 75.9 Å². The van der Waals surface area contributed by atoms with Crippen molar-refractivity contribution < 1.29 is 0 Å². The third-order valence-corrected chi connectivity index (χ3v) is 3.52. The van der Waals surface area contributed by atoms with Crippen molar-refractivity contribution in [2.75, 3.05) is 0 Å². The second-order valence-electron chi connectivity index (χ2n) is 4.76. The fourth-order valence-electron chi connectivity index (χ4n) is 2.78. The second-order valence-corrected chi connectivity index (χ2v) is 4.76. The Morgan fingerprint density at radius 1 is 0.917 bits per heavy atom. The van der Waals surface area contributed by atoms with Crippen LogP contribution in [-0.4, -0.2) is 12.1 Å². The van der Waals surface area contributed by atoms with Crippen LogP contribution < -0.4 is 5.32 Å². The molecule has 2 rings (SSSR count). The van der Waals surface area contributed by atoms with Crippen LogP contribution in [0.15, 0.2) is 0 Å². The highest BCUT2D eigenvalue weighted by Gasteiger charge is 2.24. The second kappa shape index (κ2) is 3.78. The Morgan fingerprint density at radius 2 is 1.67 bits per heavy atom. The molecule has 1 N–H and O–H groups in total. The van der Waals surface area contributed by atoms with Crippen molar-refractivity contribution >= 4 is 0 Å². The van der Waals surface area contributed by atoms with Gasteiger partial charge in [0.05, 0.1) is 0 Å². The summed E-state index contributed by atoms with van der Waals surface area (Å²) < 4.78 is 0. The van der Waals surface area contributed by atoms with Crippen molar-refractivity contribution in [2.45, 2.75) is 64.0 Å². The number of hydrogen-bond acceptors (Lipinski definition) is 1. The van der Waals surface area contributed by atoms with E-state index in [1.54, 1.807) is 0 Å². The summed E-state index contributed by atoms with van der Waals surface area (Å²) in [6.45, 7) is 2.39. The fraction of sp³-hybridized carbons (Fsp3) is 1.00. The van der Waals surface area contributed by atoms with Crippen LogP contribution in [0, 0.1) is 5.92 Å². The maximum atomic E-state index is 3.81. The van der Waals surface area contributed by atoms with Gasteiger partial charge in [0.1, 0.15) is 0 Å². The lowest BCUT2D eigenvalue weighted by atomic mass is 10.1. The summed E-state index contributed by atoms with van der Waals surface area (Å²) in [6.07, 6.45) is 10.1. The van der Waals surface area contributed by atoms with E-state index in [9.17, 15) is 0 Å². The minimum atomic E-state index is 0.864. The lowest BCUT2D eigenvalue weighted by Crippen LogP contribution is -2.34. The Bertz CT molecular complexity index is 138. The van der Waals surface area contributed by atoms with E-state index in [-0.39, 0.29) is 0 Å². The molecule has 2 aliphatic carbocycles. The Morgan fingerprint density at radius 3 is 2.25 bits per heavy atom. The zero-order valence-electron chi connectivity index (χ0n) is 8.18. The molecule has 0 heterocycles. The van der Waals surface area contributed by atoms with Crippen molar-refractivity contribution in [3.8, 4) is 0 Å².